The van der Waals surface area contributed by atoms with Gasteiger partial charge in [0.1, 0.15) is 12.1 Å². The lowest BCUT2D eigenvalue weighted by molar-refractivity contribution is -0.137. The van der Waals surface area contributed by atoms with Crippen molar-refractivity contribution in [3.63, 3.8) is 0 Å². The van der Waals surface area contributed by atoms with Crippen LogP contribution in [0, 0.1) is 0 Å². The normalized spacial score (nSPS) is 11.9. The molecule has 34 heavy (non-hydrogen) atoms. The fraction of sp³-hybridized carbons (Fsp3) is 0.0909. The lowest BCUT2D eigenvalue weighted by Crippen LogP contribution is -2.29. The number of benzene rings is 1. The van der Waals surface area contributed by atoms with Gasteiger partial charge >= 0.3 is 11.9 Å². The molecule has 9 nitrogen and oxygen atoms in total. The molecule has 0 atom stereocenters. The SMILES string of the molecule is O=c1[nH]c(=O)n(-c2cccc(C(F)(F)F)c2)c2c1cnc1ccc(-c3cnc(CO)nc3)nc12. The molecule has 4 heterocycles. The second-order valence-electron chi connectivity index (χ2n) is 7.27. The average Bonchev–Trinajstić information content (AvgIpc) is 2.83. The Bertz CT molecular complexity index is 1680. The van der Waals surface area contributed by atoms with Gasteiger partial charge in [-0.3, -0.25) is 19.3 Å². The number of hydrogen-bond acceptors (Lipinski definition) is 7. The van der Waals surface area contributed by atoms with Gasteiger partial charge in [-0.25, -0.2) is 19.7 Å². The van der Waals surface area contributed by atoms with Crippen LogP contribution in [-0.2, 0) is 12.8 Å². The van der Waals surface area contributed by atoms with Gasteiger partial charge in [-0.2, -0.15) is 13.2 Å². The van der Waals surface area contributed by atoms with E-state index in [-0.39, 0.29) is 34.5 Å². The number of halogens is 3. The van der Waals surface area contributed by atoms with Crippen LogP contribution < -0.4 is 11.2 Å². The first kappa shape index (κ1) is 21.4. The number of alkyl halides is 3. The molecule has 2 N–H and O–H groups in total. The number of fused-ring (bicyclic) bond motifs is 3. The molecule has 0 unspecified atom stereocenters. The molecular formula is C22H13F3N6O3. The zero-order valence-electron chi connectivity index (χ0n) is 17.0. The van der Waals surface area contributed by atoms with E-state index in [0.717, 1.165) is 16.7 Å². The summed E-state index contributed by atoms with van der Waals surface area (Å²) in [6.07, 6.45) is -0.510. The van der Waals surface area contributed by atoms with Crippen molar-refractivity contribution in [3.05, 3.63) is 87.2 Å². The van der Waals surface area contributed by atoms with Gasteiger partial charge in [0.15, 0.2) is 5.82 Å². The van der Waals surface area contributed by atoms with E-state index >= 15 is 0 Å². The summed E-state index contributed by atoms with van der Waals surface area (Å²) in [5.41, 5.74) is -1.43. The molecule has 170 valence electrons. The third kappa shape index (κ3) is 3.59. The van der Waals surface area contributed by atoms with Crippen LogP contribution in [0.15, 0.2) is 64.6 Å². The van der Waals surface area contributed by atoms with Crippen LogP contribution in [-0.4, -0.2) is 34.6 Å². The van der Waals surface area contributed by atoms with E-state index in [0.29, 0.717) is 16.8 Å². The topological polar surface area (TPSA) is 127 Å². The van der Waals surface area contributed by atoms with E-state index in [9.17, 15) is 22.8 Å². The Kier molecular flexibility index (Phi) is 4.94. The number of hydrogen-bond donors (Lipinski definition) is 2. The summed E-state index contributed by atoms with van der Waals surface area (Å²) in [7, 11) is 0. The summed E-state index contributed by atoms with van der Waals surface area (Å²) < 4.78 is 40.9. The first-order chi connectivity index (χ1) is 16.3. The molecule has 0 fully saturated rings. The monoisotopic (exact) mass is 466 g/mol. The van der Waals surface area contributed by atoms with Crippen molar-refractivity contribution in [2.45, 2.75) is 12.8 Å². The number of aliphatic hydroxyl groups excluding tert-OH is 1. The first-order valence-corrected chi connectivity index (χ1v) is 9.81. The van der Waals surface area contributed by atoms with E-state index in [1.165, 1.54) is 30.7 Å². The number of nitrogens with one attached hydrogen (secondary N) is 1. The highest BCUT2D eigenvalue weighted by Crippen LogP contribution is 2.31. The fourth-order valence-corrected chi connectivity index (χ4v) is 3.56. The summed E-state index contributed by atoms with van der Waals surface area (Å²) in [5, 5.41) is 9.11. The van der Waals surface area contributed by atoms with Gasteiger partial charge in [0.2, 0.25) is 0 Å². The number of rotatable bonds is 3. The molecule has 1 aromatic carbocycles. The third-order valence-corrected chi connectivity index (χ3v) is 5.15. The highest BCUT2D eigenvalue weighted by molar-refractivity contribution is 6.01. The van der Waals surface area contributed by atoms with Gasteiger partial charge in [-0.1, -0.05) is 6.07 Å². The standard InChI is InChI=1S/C22H13F3N6O3/c23-22(24,25)12-2-1-3-13(6-12)31-19-14(20(33)30-21(31)34)9-26-16-5-4-15(29-18(16)19)11-7-27-17(10-32)28-8-11/h1-9,32H,10H2,(H,30,33,34). The summed E-state index contributed by atoms with van der Waals surface area (Å²) in [6.45, 7) is -0.341. The predicted octanol–water partition coefficient (Wildman–Crippen LogP) is 2.59. The molecule has 0 radical (unpaired) electrons. The Morgan fingerprint density at radius 3 is 2.47 bits per heavy atom. The Labute approximate surface area is 187 Å². The number of aromatic amines is 1. The summed E-state index contributed by atoms with van der Waals surface area (Å²) in [5.74, 6) is 0.210. The van der Waals surface area contributed by atoms with Gasteiger partial charge in [-0.05, 0) is 30.3 Å². The van der Waals surface area contributed by atoms with Gasteiger partial charge in [0.05, 0.1) is 33.4 Å². The quantitative estimate of drug-likeness (QED) is 0.392. The Morgan fingerprint density at radius 1 is 1.00 bits per heavy atom. The molecule has 4 aromatic heterocycles. The van der Waals surface area contributed by atoms with Gasteiger partial charge < -0.3 is 5.11 Å². The van der Waals surface area contributed by atoms with E-state index in [4.69, 9.17) is 5.11 Å². The lowest BCUT2D eigenvalue weighted by atomic mass is 10.1. The third-order valence-electron chi connectivity index (χ3n) is 5.15. The molecule has 0 aliphatic heterocycles. The first-order valence-electron chi connectivity index (χ1n) is 9.81. The zero-order valence-corrected chi connectivity index (χ0v) is 17.0. The highest BCUT2D eigenvalue weighted by Gasteiger charge is 2.31. The minimum Gasteiger partial charge on any atom is -0.388 e. The lowest BCUT2D eigenvalue weighted by Gasteiger charge is -2.14. The van der Waals surface area contributed by atoms with Crippen LogP contribution in [0.5, 0.6) is 0 Å². The summed E-state index contributed by atoms with van der Waals surface area (Å²) in [4.78, 5) is 44.2. The molecule has 0 bridgehead atoms. The van der Waals surface area contributed by atoms with E-state index in [2.05, 4.69) is 24.9 Å². The largest absolute Gasteiger partial charge is 0.416 e. The Balaban J connectivity index is 1.85. The second-order valence-corrected chi connectivity index (χ2v) is 7.27. The number of pyridine rings is 2. The highest BCUT2D eigenvalue weighted by atomic mass is 19.4. The summed E-state index contributed by atoms with van der Waals surface area (Å²) >= 11 is 0. The molecule has 0 amide bonds. The minimum absolute atomic E-state index is 0.00724. The van der Waals surface area contributed by atoms with Crippen LogP contribution in [0.4, 0.5) is 13.2 Å². The van der Waals surface area contributed by atoms with Crippen molar-refractivity contribution < 1.29 is 18.3 Å². The molecule has 0 spiro atoms. The summed E-state index contributed by atoms with van der Waals surface area (Å²) in [6, 6.07) is 7.42. The minimum atomic E-state index is -4.63. The number of nitrogens with zero attached hydrogens (tertiary/aromatic N) is 5. The van der Waals surface area contributed by atoms with Crippen LogP contribution in [0.25, 0.3) is 38.9 Å². The number of aliphatic hydroxyl groups is 1. The number of H-pyrrole nitrogens is 1. The molecule has 0 aliphatic carbocycles. The van der Waals surface area contributed by atoms with Crippen LogP contribution >= 0.6 is 0 Å². The second kappa shape index (κ2) is 7.85. The predicted molar refractivity (Wildman–Crippen MR) is 115 cm³/mol. The van der Waals surface area contributed by atoms with Crippen molar-refractivity contribution >= 4 is 21.9 Å². The zero-order chi connectivity index (χ0) is 24.0. The molecule has 0 saturated carbocycles. The molecule has 5 rings (SSSR count). The van der Waals surface area contributed by atoms with Crippen molar-refractivity contribution in [2.75, 3.05) is 0 Å². The molecule has 0 aliphatic rings. The van der Waals surface area contributed by atoms with Crippen LogP contribution in [0.1, 0.15) is 11.4 Å². The average molecular weight is 466 g/mol. The molecule has 5 aromatic rings. The van der Waals surface area contributed by atoms with Crippen LogP contribution in [0.3, 0.4) is 0 Å². The fourth-order valence-electron chi connectivity index (χ4n) is 3.56. The maximum absolute atomic E-state index is 13.3. The van der Waals surface area contributed by atoms with Crippen molar-refractivity contribution in [1.82, 2.24) is 29.5 Å². The van der Waals surface area contributed by atoms with E-state index in [1.54, 1.807) is 12.1 Å². The van der Waals surface area contributed by atoms with Gasteiger partial charge in [0, 0.05) is 24.2 Å². The van der Waals surface area contributed by atoms with Crippen LogP contribution in [0.2, 0.25) is 0 Å². The van der Waals surface area contributed by atoms with Gasteiger partial charge in [-0.15, -0.1) is 0 Å². The Morgan fingerprint density at radius 2 is 1.76 bits per heavy atom. The molecular weight excluding hydrogens is 453 g/mol. The molecule has 12 heteroatoms. The maximum atomic E-state index is 13.3. The maximum Gasteiger partial charge on any atom is 0.416 e. The van der Waals surface area contributed by atoms with Crippen molar-refractivity contribution in [2.24, 2.45) is 0 Å². The van der Waals surface area contributed by atoms with Crippen molar-refractivity contribution in [1.29, 1.82) is 0 Å². The van der Waals surface area contributed by atoms with E-state index < -0.39 is 23.0 Å². The smallest absolute Gasteiger partial charge is 0.388 e. The Hall–Kier alpha value is -4.45. The van der Waals surface area contributed by atoms with Crippen molar-refractivity contribution in [3.8, 4) is 16.9 Å². The van der Waals surface area contributed by atoms with Gasteiger partial charge in [0.25, 0.3) is 5.56 Å². The number of aromatic nitrogens is 6. The van der Waals surface area contributed by atoms with E-state index in [1.807, 2.05) is 0 Å². The molecule has 0 saturated heterocycles.